The molecule has 3 rings (SSSR count). The van der Waals surface area contributed by atoms with Crippen LogP contribution in [-0.2, 0) is 0 Å². The average molecular weight is 241 g/mol. The number of nitrogens with zero attached hydrogens (tertiary/aromatic N) is 4. The van der Waals surface area contributed by atoms with E-state index < -0.39 is 0 Å². The van der Waals surface area contributed by atoms with Crippen molar-refractivity contribution in [3.8, 4) is 11.4 Å². The Bertz CT molecular complexity index is 511. The molecular formula is C13H15N5. The summed E-state index contributed by atoms with van der Waals surface area (Å²) in [6.45, 7) is 0. The maximum Gasteiger partial charge on any atom is 0.203 e. The molecule has 1 aromatic carbocycles. The van der Waals surface area contributed by atoms with E-state index in [9.17, 15) is 0 Å². The first kappa shape index (κ1) is 11.2. The Labute approximate surface area is 105 Å². The largest absolute Gasteiger partial charge is 0.327 e. The predicted octanol–water partition coefficient (Wildman–Crippen LogP) is 1.53. The Morgan fingerprint density at radius 2 is 1.67 bits per heavy atom. The van der Waals surface area contributed by atoms with Crippen LogP contribution in [0, 0.1) is 0 Å². The normalized spacial score (nSPS) is 23.2. The maximum absolute atomic E-state index is 6.02. The van der Waals surface area contributed by atoms with E-state index in [2.05, 4.69) is 20.4 Å². The first-order valence-electron chi connectivity index (χ1n) is 6.23. The van der Waals surface area contributed by atoms with Gasteiger partial charge in [0.15, 0.2) is 5.82 Å². The molecule has 92 valence electrons. The van der Waals surface area contributed by atoms with Crippen LogP contribution in [0.25, 0.3) is 11.4 Å². The first-order chi connectivity index (χ1) is 8.84. The summed E-state index contributed by atoms with van der Waals surface area (Å²) in [5.74, 6) is 1.46. The van der Waals surface area contributed by atoms with Gasteiger partial charge in [-0.05, 0) is 12.8 Å². The van der Waals surface area contributed by atoms with Crippen molar-refractivity contribution in [3.63, 3.8) is 0 Å². The Hall–Kier alpha value is -1.88. The summed E-state index contributed by atoms with van der Waals surface area (Å²) >= 11 is 0. The third-order valence-electron chi connectivity index (χ3n) is 3.43. The fourth-order valence-electron chi connectivity index (χ4n) is 2.40. The van der Waals surface area contributed by atoms with Crippen LogP contribution in [0.1, 0.15) is 31.0 Å². The molecule has 0 bridgehead atoms. The third-order valence-corrected chi connectivity index (χ3v) is 3.43. The van der Waals surface area contributed by atoms with Gasteiger partial charge in [-0.15, -0.1) is 20.4 Å². The van der Waals surface area contributed by atoms with Gasteiger partial charge >= 0.3 is 0 Å². The van der Waals surface area contributed by atoms with E-state index >= 15 is 0 Å². The average Bonchev–Trinajstić information content (AvgIpc) is 2.86. The maximum atomic E-state index is 6.02. The monoisotopic (exact) mass is 241 g/mol. The van der Waals surface area contributed by atoms with Crippen molar-refractivity contribution < 1.29 is 0 Å². The van der Waals surface area contributed by atoms with Gasteiger partial charge in [0.25, 0.3) is 0 Å². The second kappa shape index (κ2) is 4.78. The number of aromatic nitrogens is 4. The van der Waals surface area contributed by atoms with Crippen LogP contribution in [0.2, 0.25) is 0 Å². The summed E-state index contributed by atoms with van der Waals surface area (Å²) < 4.78 is 0. The van der Waals surface area contributed by atoms with E-state index in [1.807, 2.05) is 30.3 Å². The highest BCUT2D eigenvalue weighted by Gasteiger charge is 2.28. The molecule has 5 nitrogen and oxygen atoms in total. The molecule has 1 aliphatic carbocycles. The zero-order valence-corrected chi connectivity index (χ0v) is 10.0. The molecule has 2 N–H and O–H groups in total. The smallest absolute Gasteiger partial charge is 0.203 e. The van der Waals surface area contributed by atoms with Crippen LogP contribution in [0.3, 0.4) is 0 Å². The van der Waals surface area contributed by atoms with Crippen molar-refractivity contribution in [2.45, 2.75) is 31.2 Å². The molecular weight excluding hydrogens is 226 g/mol. The van der Waals surface area contributed by atoms with Crippen LogP contribution in [0.15, 0.2) is 30.3 Å². The highest BCUT2D eigenvalue weighted by molar-refractivity contribution is 5.52. The molecule has 0 aliphatic heterocycles. The Balaban J connectivity index is 1.85. The minimum absolute atomic E-state index is 0.149. The van der Waals surface area contributed by atoms with Crippen molar-refractivity contribution in [3.05, 3.63) is 36.2 Å². The van der Waals surface area contributed by atoms with Gasteiger partial charge in [0, 0.05) is 17.5 Å². The molecule has 2 atom stereocenters. The second-order valence-corrected chi connectivity index (χ2v) is 4.65. The minimum atomic E-state index is 0.149. The lowest BCUT2D eigenvalue weighted by Gasteiger charge is -2.11. The lowest BCUT2D eigenvalue weighted by molar-refractivity contribution is 0.558. The number of benzene rings is 1. The van der Waals surface area contributed by atoms with Gasteiger partial charge in [-0.25, -0.2) is 0 Å². The van der Waals surface area contributed by atoms with Crippen LogP contribution in [0.4, 0.5) is 0 Å². The molecule has 18 heavy (non-hydrogen) atoms. The summed E-state index contributed by atoms with van der Waals surface area (Å²) in [6.07, 6.45) is 3.21. The van der Waals surface area contributed by atoms with E-state index in [4.69, 9.17) is 5.73 Å². The van der Waals surface area contributed by atoms with Gasteiger partial charge in [-0.2, -0.15) is 0 Å². The van der Waals surface area contributed by atoms with Gasteiger partial charge in [0.1, 0.15) is 0 Å². The predicted molar refractivity (Wildman–Crippen MR) is 67.6 cm³/mol. The molecule has 1 aliphatic rings. The third kappa shape index (κ3) is 2.09. The number of hydrogen-bond acceptors (Lipinski definition) is 5. The summed E-state index contributed by atoms with van der Waals surface area (Å²) in [6, 6.07) is 9.88. The molecule has 1 fully saturated rings. The SMILES string of the molecule is NC1CCCC1c1nnc(-c2ccccc2)nn1. The molecule has 0 spiro atoms. The van der Waals surface area contributed by atoms with Crippen molar-refractivity contribution in [1.29, 1.82) is 0 Å². The molecule has 0 radical (unpaired) electrons. The number of nitrogens with two attached hydrogens (primary N) is 1. The number of rotatable bonds is 2. The van der Waals surface area contributed by atoms with Crippen molar-refractivity contribution in [1.82, 2.24) is 20.4 Å². The Morgan fingerprint density at radius 3 is 2.28 bits per heavy atom. The molecule has 0 amide bonds. The molecule has 1 saturated carbocycles. The fourth-order valence-corrected chi connectivity index (χ4v) is 2.40. The van der Waals surface area contributed by atoms with Gasteiger partial charge in [0.2, 0.25) is 5.82 Å². The Morgan fingerprint density at radius 1 is 0.944 bits per heavy atom. The lowest BCUT2D eigenvalue weighted by Crippen LogP contribution is -2.25. The standard InChI is InChI=1S/C13H15N5/c14-11-8-4-7-10(11)13-17-15-12(16-18-13)9-5-2-1-3-6-9/h1-3,5-6,10-11H,4,7-8,14H2. The molecule has 2 aromatic rings. The van der Waals surface area contributed by atoms with Gasteiger partial charge in [-0.3, -0.25) is 0 Å². The number of hydrogen-bond donors (Lipinski definition) is 1. The molecule has 5 heteroatoms. The summed E-state index contributed by atoms with van der Waals surface area (Å²) in [5, 5.41) is 16.7. The van der Waals surface area contributed by atoms with E-state index in [1.165, 1.54) is 0 Å². The minimum Gasteiger partial charge on any atom is -0.327 e. The van der Waals surface area contributed by atoms with Gasteiger partial charge in [0.05, 0.1) is 0 Å². The highest BCUT2D eigenvalue weighted by atomic mass is 15.3. The first-order valence-corrected chi connectivity index (χ1v) is 6.23. The van der Waals surface area contributed by atoms with Crippen molar-refractivity contribution in [2.75, 3.05) is 0 Å². The lowest BCUT2D eigenvalue weighted by atomic mass is 10.0. The molecule has 2 unspecified atom stereocenters. The van der Waals surface area contributed by atoms with Gasteiger partial charge < -0.3 is 5.73 Å². The fraction of sp³-hybridized carbons (Fsp3) is 0.385. The van der Waals surface area contributed by atoms with Gasteiger partial charge in [-0.1, -0.05) is 36.8 Å². The van der Waals surface area contributed by atoms with Crippen LogP contribution in [-0.4, -0.2) is 26.4 Å². The van der Waals surface area contributed by atoms with E-state index in [1.54, 1.807) is 0 Å². The van der Waals surface area contributed by atoms with E-state index in [0.29, 0.717) is 11.6 Å². The van der Waals surface area contributed by atoms with Crippen LogP contribution in [0.5, 0.6) is 0 Å². The van der Waals surface area contributed by atoms with E-state index in [-0.39, 0.29) is 12.0 Å². The van der Waals surface area contributed by atoms with E-state index in [0.717, 1.165) is 24.8 Å². The summed E-state index contributed by atoms with van der Waals surface area (Å²) in [7, 11) is 0. The quantitative estimate of drug-likeness (QED) is 0.862. The molecule has 1 aromatic heterocycles. The van der Waals surface area contributed by atoms with Crippen molar-refractivity contribution in [2.24, 2.45) is 5.73 Å². The van der Waals surface area contributed by atoms with Crippen molar-refractivity contribution >= 4 is 0 Å². The zero-order valence-electron chi connectivity index (χ0n) is 10.0. The zero-order chi connectivity index (χ0) is 12.4. The topological polar surface area (TPSA) is 77.6 Å². The van der Waals surface area contributed by atoms with Crippen LogP contribution >= 0.6 is 0 Å². The summed E-state index contributed by atoms with van der Waals surface area (Å²) in [4.78, 5) is 0. The highest BCUT2D eigenvalue weighted by Crippen LogP contribution is 2.30. The molecule has 1 heterocycles. The van der Waals surface area contributed by atoms with Crippen LogP contribution < -0.4 is 5.73 Å². The summed E-state index contributed by atoms with van der Waals surface area (Å²) in [5.41, 5.74) is 6.95. The molecule has 0 saturated heterocycles. The second-order valence-electron chi connectivity index (χ2n) is 4.65. The Kier molecular flexibility index (Phi) is 2.98.